The molecule has 0 unspecified atom stereocenters. The minimum atomic E-state index is -0.573. The van der Waals surface area contributed by atoms with E-state index in [1.165, 1.54) is 0 Å². The third-order valence-electron chi connectivity index (χ3n) is 2.01. The van der Waals surface area contributed by atoms with E-state index in [-0.39, 0.29) is 12.5 Å². The third kappa shape index (κ3) is 6.21. The van der Waals surface area contributed by atoms with Crippen molar-refractivity contribution in [2.75, 3.05) is 25.0 Å². The van der Waals surface area contributed by atoms with Gasteiger partial charge in [0.05, 0.1) is 6.54 Å². The van der Waals surface area contributed by atoms with Crippen molar-refractivity contribution in [3.63, 3.8) is 0 Å². The highest BCUT2D eigenvalue weighted by Crippen LogP contribution is 2.13. The van der Waals surface area contributed by atoms with E-state index in [2.05, 4.69) is 31.9 Å². The fourth-order valence-corrected chi connectivity index (χ4v) is 1.48. The molecule has 0 fully saturated rings. The number of hydrogen-bond donors (Lipinski definition) is 4. The number of nitrogens with two attached hydrogens (primary N) is 1. The molecular weight excluding hydrogens is 300 g/mol. The number of hydrogen-bond acceptors (Lipinski definition) is 3. The first kappa shape index (κ1) is 14.5. The minimum absolute atomic E-state index is 0.142. The highest BCUT2D eigenvalue weighted by molar-refractivity contribution is 9.10. The number of rotatable bonds is 6. The summed E-state index contributed by atoms with van der Waals surface area (Å²) in [7, 11) is 0. The highest BCUT2D eigenvalue weighted by atomic mass is 79.9. The van der Waals surface area contributed by atoms with Crippen LogP contribution in [0.1, 0.15) is 0 Å². The van der Waals surface area contributed by atoms with E-state index in [9.17, 15) is 9.59 Å². The Morgan fingerprint density at radius 3 is 2.44 bits per heavy atom. The zero-order valence-electron chi connectivity index (χ0n) is 9.70. The molecule has 0 atom stereocenters. The number of halogens is 1. The van der Waals surface area contributed by atoms with E-state index in [0.717, 1.165) is 10.2 Å². The monoisotopic (exact) mass is 314 g/mol. The van der Waals surface area contributed by atoms with E-state index in [0.29, 0.717) is 13.1 Å². The minimum Gasteiger partial charge on any atom is -0.352 e. The van der Waals surface area contributed by atoms with Gasteiger partial charge in [-0.15, -0.1) is 0 Å². The summed E-state index contributed by atoms with van der Waals surface area (Å²) >= 11 is 3.31. The van der Waals surface area contributed by atoms with Gasteiger partial charge in [-0.2, -0.15) is 0 Å². The number of carbonyl (C=O) groups excluding carboxylic acids is 2. The molecule has 0 aliphatic rings. The molecule has 5 N–H and O–H groups in total. The van der Waals surface area contributed by atoms with Gasteiger partial charge in [0, 0.05) is 23.2 Å². The summed E-state index contributed by atoms with van der Waals surface area (Å²) in [5, 5.41) is 8.03. The van der Waals surface area contributed by atoms with Gasteiger partial charge in [0.2, 0.25) is 5.91 Å². The summed E-state index contributed by atoms with van der Waals surface area (Å²) < 4.78 is 0.955. The molecule has 0 bridgehead atoms. The quantitative estimate of drug-likeness (QED) is 0.580. The molecule has 0 radical (unpaired) electrons. The number of urea groups is 1. The lowest BCUT2D eigenvalue weighted by Crippen LogP contribution is -2.37. The second-order valence-corrected chi connectivity index (χ2v) is 4.44. The molecule has 0 spiro atoms. The number of anilines is 1. The van der Waals surface area contributed by atoms with Gasteiger partial charge in [-0.05, 0) is 24.3 Å². The molecule has 3 amide bonds. The van der Waals surface area contributed by atoms with Crippen LogP contribution in [0.15, 0.2) is 28.7 Å². The molecule has 6 nitrogen and oxygen atoms in total. The van der Waals surface area contributed by atoms with Crippen molar-refractivity contribution in [2.45, 2.75) is 0 Å². The molecule has 1 aromatic rings. The van der Waals surface area contributed by atoms with Gasteiger partial charge in [0.25, 0.3) is 0 Å². The van der Waals surface area contributed by atoms with Crippen LogP contribution in [0, 0.1) is 0 Å². The Bertz CT molecular complexity index is 408. The fraction of sp³-hybridized carbons (Fsp3) is 0.273. The number of benzene rings is 1. The Kier molecular flexibility index (Phi) is 6.16. The smallest absolute Gasteiger partial charge is 0.312 e. The van der Waals surface area contributed by atoms with Gasteiger partial charge in [-0.3, -0.25) is 4.79 Å². The SMILES string of the molecule is NC(=O)NCCNCC(=O)Nc1ccc(Br)cc1. The first-order valence-electron chi connectivity index (χ1n) is 5.37. The summed E-state index contributed by atoms with van der Waals surface area (Å²) in [4.78, 5) is 21.9. The van der Waals surface area contributed by atoms with Gasteiger partial charge in [0.1, 0.15) is 0 Å². The molecule has 0 heterocycles. The highest BCUT2D eigenvalue weighted by Gasteiger charge is 2.01. The van der Waals surface area contributed by atoms with Crippen LogP contribution in [0.2, 0.25) is 0 Å². The zero-order valence-corrected chi connectivity index (χ0v) is 11.3. The maximum absolute atomic E-state index is 11.5. The third-order valence-corrected chi connectivity index (χ3v) is 2.54. The van der Waals surface area contributed by atoms with Crippen LogP contribution < -0.4 is 21.7 Å². The zero-order chi connectivity index (χ0) is 13.4. The van der Waals surface area contributed by atoms with Gasteiger partial charge in [0.15, 0.2) is 0 Å². The van der Waals surface area contributed by atoms with E-state index >= 15 is 0 Å². The number of primary amides is 1. The van der Waals surface area contributed by atoms with Crippen LogP contribution in [-0.4, -0.2) is 31.6 Å². The van der Waals surface area contributed by atoms with Crippen molar-refractivity contribution < 1.29 is 9.59 Å². The average Bonchev–Trinajstić information content (AvgIpc) is 2.31. The van der Waals surface area contributed by atoms with Crippen LogP contribution >= 0.6 is 15.9 Å². The average molecular weight is 315 g/mol. The van der Waals surface area contributed by atoms with Crippen LogP contribution in [0.5, 0.6) is 0 Å². The van der Waals surface area contributed by atoms with Crippen LogP contribution in [-0.2, 0) is 4.79 Å². The Labute approximate surface area is 113 Å². The van der Waals surface area contributed by atoms with E-state index in [4.69, 9.17) is 5.73 Å². The normalized spacial score (nSPS) is 9.83. The standard InChI is InChI=1S/C11H15BrN4O2/c12-8-1-3-9(4-2-8)16-10(17)7-14-5-6-15-11(13)18/h1-4,14H,5-7H2,(H,16,17)(H3,13,15,18). The van der Waals surface area contributed by atoms with Gasteiger partial charge in [-0.1, -0.05) is 15.9 Å². The Balaban J connectivity index is 2.17. The van der Waals surface area contributed by atoms with Crippen molar-refractivity contribution in [3.8, 4) is 0 Å². The Morgan fingerprint density at radius 1 is 1.17 bits per heavy atom. The lowest BCUT2D eigenvalue weighted by Gasteiger charge is -2.07. The summed E-state index contributed by atoms with van der Waals surface area (Å²) in [5.41, 5.74) is 5.62. The second kappa shape index (κ2) is 7.67. The maximum Gasteiger partial charge on any atom is 0.312 e. The number of amides is 3. The molecule has 0 aliphatic carbocycles. The molecule has 0 aromatic heterocycles. The van der Waals surface area contributed by atoms with Crippen molar-refractivity contribution in [3.05, 3.63) is 28.7 Å². The van der Waals surface area contributed by atoms with E-state index < -0.39 is 6.03 Å². The van der Waals surface area contributed by atoms with Gasteiger partial charge in [-0.25, -0.2) is 4.79 Å². The predicted octanol–water partition coefficient (Wildman–Crippen LogP) is 0.645. The lowest BCUT2D eigenvalue weighted by molar-refractivity contribution is -0.115. The number of nitrogens with one attached hydrogen (secondary N) is 3. The van der Waals surface area contributed by atoms with Crippen LogP contribution in [0.3, 0.4) is 0 Å². The molecule has 7 heteroatoms. The summed E-state index contributed by atoms with van der Waals surface area (Å²) in [6.07, 6.45) is 0. The van der Waals surface area contributed by atoms with Crippen molar-refractivity contribution >= 4 is 33.6 Å². The molecule has 1 rings (SSSR count). The summed E-state index contributed by atoms with van der Waals surface area (Å²) in [5.74, 6) is -0.142. The fourth-order valence-electron chi connectivity index (χ4n) is 1.21. The van der Waals surface area contributed by atoms with Crippen LogP contribution in [0.4, 0.5) is 10.5 Å². The Morgan fingerprint density at radius 2 is 1.83 bits per heavy atom. The van der Waals surface area contributed by atoms with E-state index in [1.54, 1.807) is 12.1 Å². The molecular formula is C11H15BrN4O2. The summed E-state index contributed by atoms with van der Waals surface area (Å²) in [6, 6.07) is 6.73. The first-order chi connectivity index (χ1) is 8.58. The molecule has 0 saturated carbocycles. The maximum atomic E-state index is 11.5. The van der Waals surface area contributed by atoms with E-state index in [1.807, 2.05) is 12.1 Å². The molecule has 1 aromatic carbocycles. The lowest BCUT2D eigenvalue weighted by atomic mass is 10.3. The molecule has 0 aliphatic heterocycles. The topological polar surface area (TPSA) is 96.2 Å². The van der Waals surface area contributed by atoms with Crippen molar-refractivity contribution in [2.24, 2.45) is 5.73 Å². The second-order valence-electron chi connectivity index (χ2n) is 3.52. The molecule has 98 valence electrons. The first-order valence-corrected chi connectivity index (χ1v) is 6.16. The van der Waals surface area contributed by atoms with Gasteiger partial charge >= 0.3 is 6.03 Å². The van der Waals surface area contributed by atoms with Gasteiger partial charge < -0.3 is 21.7 Å². The molecule has 0 saturated heterocycles. The van der Waals surface area contributed by atoms with Crippen LogP contribution in [0.25, 0.3) is 0 Å². The number of carbonyl (C=O) groups is 2. The molecule has 18 heavy (non-hydrogen) atoms. The largest absolute Gasteiger partial charge is 0.352 e. The van der Waals surface area contributed by atoms with Crippen molar-refractivity contribution in [1.82, 2.24) is 10.6 Å². The Hall–Kier alpha value is -1.60. The summed E-state index contributed by atoms with van der Waals surface area (Å²) in [6.45, 7) is 1.05. The van der Waals surface area contributed by atoms with Crippen molar-refractivity contribution in [1.29, 1.82) is 0 Å². The predicted molar refractivity (Wildman–Crippen MR) is 73.2 cm³/mol.